The van der Waals surface area contributed by atoms with Crippen molar-refractivity contribution in [2.75, 3.05) is 29.7 Å². The smallest absolute Gasteiger partial charge is 0.183 e. The average molecular weight is 405 g/mol. The van der Waals surface area contributed by atoms with Gasteiger partial charge in [-0.05, 0) is 49.5 Å². The molecule has 0 saturated carbocycles. The molecule has 0 spiro atoms. The van der Waals surface area contributed by atoms with E-state index in [1.807, 2.05) is 55.5 Å². The van der Waals surface area contributed by atoms with Gasteiger partial charge in [-0.1, -0.05) is 66.7 Å². The van der Waals surface area contributed by atoms with E-state index in [4.69, 9.17) is 16.7 Å². The molecule has 0 radical (unpaired) electrons. The van der Waals surface area contributed by atoms with Crippen LogP contribution in [-0.4, -0.2) is 35.1 Å². The molecule has 2 aromatic carbocycles. The van der Waals surface area contributed by atoms with Crippen LogP contribution in [0.15, 0.2) is 65.2 Å². The van der Waals surface area contributed by atoms with Crippen molar-refractivity contribution in [2.45, 2.75) is 13.8 Å². The van der Waals surface area contributed by atoms with Gasteiger partial charge in [0.2, 0.25) is 0 Å². The summed E-state index contributed by atoms with van der Waals surface area (Å²) in [6.45, 7) is 6.50. The highest BCUT2D eigenvalue weighted by molar-refractivity contribution is 7.80. The largest absolute Gasteiger partial charge is 0.354 e. The highest BCUT2D eigenvalue weighted by Gasteiger charge is 2.32. The fourth-order valence-corrected chi connectivity index (χ4v) is 3.75. The lowest BCUT2D eigenvalue weighted by atomic mass is 10.2. The second-order valence-electron chi connectivity index (χ2n) is 6.97. The van der Waals surface area contributed by atoms with E-state index in [-0.39, 0.29) is 0 Å². The van der Waals surface area contributed by atoms with E-state index in [2.05, 4.69) is 51.0 Å². The van der Waals surface area contributed by atoms with E-state index < -0.39 is 0 Å². The van der Waals surface area contributed by atoms with E-state index in [1.54, 1.807) is 0 Å². The van der Waals surface area contributed by atoms with Gasteiger partial charge >= 0.3 is 0 Å². The Labute approximate surface area is 176 Å². The van der Waals surface area contributed by atoms with Crippen molar-refractivity contribution in [3.63, 3.8) is 0 Å². The van der Waals surface area contributed by atoms with Gasteiger partial charge in [0.15, 0.2) is 10.9 Å². The highest BCUT2D eigenvalue weighted by Crippen LogP contribution is 2.31. The van der Waals surface area contributed by atoms with E-state index in [0.29, 0.717) is 12.4 Å². The summed E-state index contributed by atoms with van der Waals surface area (Å²) >= 11 is 5.91. The fraction of sp³-hybridized carbons (Fsp3) is 0.217. The molecule has 3 aromatic rings. The molecule has 6 heteroatoms. The Kier molecular flexibility index (Phi) is 5.74. The standard InChI is InChI=1S/C23H24N4OS/c1-3-25-16-26(20-12-8-5-9-13-20)23(29)27(17-25)22-18(2)24-28-21(22)15-14-19-10-6-4-7-11-19/h4-15H,3,16-17H2,1-2H3/b15-14+. The Morgan fingerprint density at radius 2 is 1.62 bits per heavy atom. The van der Waals surface area contributed by atoms with Crippen molar-refractivity contribution >= 4 is 40.9 Å². The number of rotatable bonds is 5. The Morgan fingerprint density at radius 1 is 0.966 bits per heavy atom. The van der Waals surface area contributed by atoms with Gasteiger partial charge in [-0.25, -0.2) is 0 Å². The van der Waals surface area contributed by atoms with Crippen molar-refractivity contribution in [3.8, 4) is 0 Å². The van der Waals surface area contributed by atoms with Gasteiger partial charge in [0.05, 0.1) is 13.3 Å². The maximum Gasteiger partial charge on any atom is 0.183 e. The first-order chi connectivity index (χ1) is 14.2. The lowest BCUT2D eigenvalue weighted by Gasteiger charge is -2.43. The molecule has 0 bridgehead atoms. The zero-order chi connectivity index (χ0) is 20.2. The third kappa shape index (κ3) is 4.09. The maximum atomic E-state index is 5.91. The minimum Gasteiger partial charge on any atom is -0.354 e. The number of benzene rings is 2. The number of aryl methyl sites for hydroxylation is 1. The zero-order valence-electron chi connectivity index (χ0n) is 16.7. The van der Waals surface area contributed by atoms with Crippen LogP contribution >= 0.6 is 12.2 Å². The number of aromatic nitrogens is 1. The Hall–Kier alpha value is -2.96. The molecule has 0 amide bonds. The lowest BCUT2D eigenvalue weighted by Crippen LogP contribution is -2.58. The Balaban J connectivity index is 1.69. The first-order valence-corrected chi connectivity index (χ1v) is 10.1. The number of anilines is 2. The summed E-state index contributed by atoms with van der Waals surface area (Å²) in [7, 11) is 0. The van der Waals surface area contributed by atoms with Gasteiger partial charge in [-0.15, -0.1) is 0 Å². The van der Waals surface area contributed by atoms with Crippen LogP contribution in [0, 0.1) is 6.92 Å². The molecule has 4 rings (SSSR count). The van der Waals surface area contributed by atoms with Crippen molar-refractivity contribution in [3.05, 3.63) is 77.7 Å². The van der Waals surface area contributed by atoms with E-state index in [9.17, 15) is 0 Å². The quantitative estimate of drug-likeness (QED) is 0.557. The summed E-state index contributed by atoms with van der Waals surface area (Å²) in [5.74, 6) is 0.708. The van der Waals surface area contributed by atoms with Crippen LogP contribution in [0.25, 0.3) is 12.2 Å². The fourth-order valence-electron chi connectivity index (χ4n) is 3.43. The van der Waals surface area contributed by atoms with Crippen LogP contribution in [0.4, 0.5) is 11.4 Å². The predicted molar refractivity (Wildman–Crippen MR) is 123 cm³/mol. The van der Waals surface area contributed by atoms with Gasteiger partial charge in [0, 0.05) is 5.69 Å². The molecule has 0 aliphatic carbocycles. The van der Waals surface area contributed by atoms with Gasteiger partial charge < -0.3 is 9.42 Å². The van der Waals surface area contributed by atoms with Crippen molar-refractivity contribution in [1.82, 2.24) is 10.1 Å². The number of para-hydroxylation sites is 1. The number of hydrogen-bond donors (Lipinski definition) is 0. The normalized spacial score (nSPS) is 15.4. The predicted octanol–water partition coefficient (Wildman–Crippen LogP) is 5.00. The van der Waals surface area contributed by atoms with E-state index >= 15 is 0 Å². The molecule has 5 nitrogen and oxygen atoms in total. The summed E-state index contributed by atoms with van der Waals surface area (Å²) in [6.07, 6.45) is 3.99. The molecular formula is C23H24N4OS. The van der Waals surface area contributed by atoms with Crippen molar-refractivity contribution < 1.29 is 4.52 Å². The minimum atomic E-state index is 0.701. The van der Waals surface area contributed by atoms with Crippen LogP contribution in [0.2, 0.25) is 0 Å². The zero-order valence-corrected chi connectivity index (χ0v) is 17.5. The van der Waals surface area contributed by atoms with Crippen molar-refractivity contribution in [2.24, 2.45) is 0 Å². The second-order valence-corrected chi connectivity index (χ2v) is 7.33. The molecule has 148 valence electrons. The molecule has 0 atom stereocenters. The van der Waals surface area contributed by atoms with Crippen LogP contribution in [0.1, 0.15) is 23.9 Å². The molecule has 1 aliphatic rings. The Bertz CT molecular complexity index is 1000. The molecule has 1 aromatic heterocycles. The third-order valence-corrected chi connectivity index (χ3v) is 5.45. The topological polar surface area (TPSA) is 35.8 Å². The monoisotopic (exact) mass is 404 g/mol. The van der Waals surface area contributed by atoms with Crippen molar-refractivity contribution in [1.29, 1.82) is 0 Å². The molecule has 1 aliphatic heterocycles. The summed E-state index contributed by atoms with van der Waals surface area (Å²) in [5.41, 5.74) is 3.93. The van der Waals surface area contributed by atoms with Crippen LogP contribution in [-0.2, 0) is 0 Å². The molecule has 29 heavy (non-hydrogen) atoms. The maximum absolute atomic E-state index is 5.91. The second kappa shape index (κ2) is 8.59. The first-order valence-electron chi connectivity index (χ1n) is 9.73. The molecular weight excluding hydrogens is 380 g/mol. The summed E-state index contributed by atoms with van der Waals surface area (Å²) in [5, 5.41) is 4.97. The molecule has 2 heterocycles. The van der Waals surface area contributed by atoms with Crippen LogP contribution in [0.5, 0.6) is 0 Å². The summed E-state index contributed by atoms with van der Waals surface area (Å²) < 4.78 is 5.65. The van der Waals surface area contributed by atoms with Crippen LogP contribution < -0.4 is 9.80 Å². The lowest BCUT2D eigenvalue weighted by molar-refractivity contribution is 0.292. The summed E-state index contributed by atoms with van der Waals surface area (Å²) in [6, 6.07) is 20.4. The van der Waals surface area contributed by atoms with Gasteiger partial charge in [-0.2, -0.15) is 0 Å². The SMILES string of the molecule is CCN1CN(c2ccccc2)C(=S)N(c2c(C)noc2/C=C/c2ccccc2)C1. The van der Waals surface area contributed by atoms with Gasteiger partial charge in [0.25, 0.3) is 0 Å². The van der Waals surface area contributed by atoms with Gasteiger partial charge in [-0.3, -0.25) is 9.80 Å². The Morgan fingerprint density at radius 3 is 2.31 bits per heavy atom. The highest BCUT2D eigenvalue weighted by atomic mass is 32.1. The van der Waals surface area contributed by atoms with Gasteiger partial charge in [0.1, 0.15) is 11.4 Å². The van der Waals surface area contributed by atoms with E-state index in [0.717, 1.165) is 41.0 Å². The van der Waals surface area contributed by atoms with E-state index in [1.165, 1.54) is 0 Å². The molecule has 0 unspecified atom stereocenters. The molecule has 1 saturated heterocycles. The molecule has 1 fully saturated rings. The number of hydrogen-bond acceptors (Lipinski definition) is 4. The number of thiocarbonyl (C=S) groups is 1. The number of nitrogens with zero attached hydrogens (tertiary/aromatic N) is 4. The third-order valence-electron chi connectivity index (χ3n) is 5.01. The molecule has 0 N–H and O–H groups in total. The average Bonchev–Trinajstić information content (AvgIpc) is 3.14. The minimum absolute atomic E-state index is 0.701. The first kappa shape index (κ1) is 19.4. The van der Waals surface area contributed by atoms with Crippen LogP contribution in [0.3, 0.4) is 0 Å². The summed E-state index contributed by atoms with van der Waals surface area (Å²) in [4.78, 5) is 6.60.